The summed E-state index contributed by atoms with van der Waals surface area (Å²) >= 11 is 0. The standard InChI is InChI=1S/C14H14N2O2/c15-7-10-1-2-14-13(5-10)11(8-18-14)6-12-9-17-4-3-16-12/h1-2,5,8,12,16H,3-4,6,9H2/t12-/m0/s1. The molecule has 1 aromatic heterocycles. The molecule has 92 valence electrons. The van der Waals surface area contributed by atoms with E-state index >= 15 is 0 Å². The van der Waals surface area contributed by atoms with Gasteiger partial charge in [0.05, 0.1) is 31.1 Å². The van der Waals surface area contributed by atoms with Gasteiger partial charge >= 0.3 is 0 Å². The maximum Gasteiger partial charge on any atom is 0.134 e. The summed E-state index contributed by atoms with van der Waals surface area (Å²) in [6, 6.07) is 7.99. The van der Waals surface area contributed by atoms with Gasteiger partial charge in [0, 0.05) is 18.0 Å². The van der Waals surface area contributed by atoms with Crippen molar-refractivity contribution in [2.24, 2.45) is 0 Å². The van der Waals surface area contributed by atoms with Crippen LogP contribution in [0.25, 0.3) is 11.0 Å². The van der Waals surface area contributed by atoms with Crippen molar-refractivity contribution in [1.29, 1.82) is 5.26 Å². The predicted molar refractivity (Wildman–Crippen MR) is 67.2 cm³/mol. The highest BCUT2D eigenvalue weighted by molar-refractivity contribution is 5.82. The summed E-state index contributed by atoms with van der Waals surface area (Å²) < 4.78 is 11.0. The first-order valence-corrected chi connectivity index (χ1v) is 6.08. The molecule has 2 aromatic rings. The summed E-state index contributed by atoms with van der Waals surface area (Å²) in [7, 11) is 0. The van der Waals surface area contributed by atoms with E-state index in [0.29, 0.717) is 11.6 Å². The summed E-state index contributed by atoms with van der Waals surface area (Å²) in [5, 5.41) is 13.4. The molecule has 1 aromatic carbocycles. The van der Waals surface area contributed by atoms with Crippen LogP contribution in [0.5, 0.6) is 0 Å². The van der Waals surface area contributed by atoms with Crippen molar-refractivity contribution in [2.75, 3.05) is 19.8 Å². The van der Waals surface area contributed by atoms with Gasteiger partial charge in [0.25, 0.3) is 0 Å². The molecule has 1 aliphatic heterocycles. The molecule has 0 radical (unpaired) electrons. The molecule has 0 amide bonds. The van der Waals surface area contributed by atoms with Crippen molar-refractivity contribution in [3.05, 3.63) is 35.6 Å². The Labute approximate surface area is 105 Å². The summed E-state index contributed by atoms with van der Waals surface area (Å²) in [6.07, 6.45) is 2.64. The third-order valence-electron chi connectivity index (χ3n) is 3.25. The van der Waals surface area contributed by atoms with Crippen molar-refractivity contribution in [3.63, 3.8) is 0 Å². The van der Waals surface area contributed by atoms with Crippen LogP contribution in [0, 0.1) is 11.3 Å². The number of fused-ring (bicyclic) bond motifs is 1. The quantitative estimate of drug-likeness (QED) is 0.873. The highest BCUT2D eigenvalue weighted by Gasteiger charge is 2.16. The first-order valence-electron chi connectivity index (χ1n) is 6.08. The second-order valence-electron chi connectivity index (χ2n) is 4.51. The van der Waals surface area contributed by atoms with E-state index in [1.165, 1.54) is 0 Å². The molecule has 0 saturated carbocycles. The van der Waals surface area contributed by atoms with Crippen LogP contribution >= 0.6 is 0 Å². The van der Waals surface area contributed by atoms with Gasteiger partial charge in [-0.15, -0.1) is 0 Å². The Hall–Kier alpha value is -1.83. The lowest BCUT2D eigenvalue weighted by atomic mass is 10.0. The number of morpholine rings is 1. The zero-order valence-corrected chi connectivity index (χ0v) is 9.98. The minimum Gasteiger partial charge on any atom is -0.464 e. The summed E-state index contributed by atoms with van der Waals surface area (Å²) in [5.74, 6) is 0. The van der Waals surface area contributed by atoms with Gasteiger partial charge in [-0.1, -0.05) is 0 Å². The number of rotatable bonds is 2. The third kappa shape index (κ3) is 2.10. The van der Waals surface area contributed by atoms with Crippen LogP contribution in [0.1, 0.15) is 11.1 Å². The number of hydrogen-bond donors (Lipinski definition) is 1. The number of nitriles is 1. The maximum absolute atomic E-state index is 8.93. The Bertz CT molecular complexity index is 591. The van der Waals surface area contributed by atoms with E-state index in [9.17, 15) is 0 Å². The first-order chi connectivity index (χ1) is 8.86. The highest BCUT2D eigenvalue weighted by atomic mass is 16.5. The first kappa shape index (κ1) is 11.3. The molecule has 1 aliphatic rings. The number of benzene rings is 1. The lowest BCUT2D eigenvalue weighted by Crippen LogP contribution is -2.42. The fourth-order valence-corrected chi connectivity index (χ4v) is 2.33. The SMILES string of the molecule is N#Cc1ccc2occ(C[C@H]3COCCN3)c2c1. The van der Waals surface area contributed by atoms with Crippen LogP contribution < -0.4 is 5.32 Å². The van der Waals surface area contributed by atoms with Gasteiger partial charge in [-0.3, -0.25) is 0 Å². The smallest absolute Gasteiger partial charge is 0.134 e. The number of nitrogens with zero attached hydrogens (tertiary/aromatic N) is 1. The van der Waals surface area contributed by atoms with Gasteiger partial charge in [0.2, 0.25) is 0 Å². The van der Waals surface area contributed by atoms with Crippen molar-refractivity contribution < 1.29 is 9.15 Å². The van der Waals surface area contributed by atoms with E-state index < -0.39 is 0 Å². The molecule has 0 bridgehead atoms. The molecule has 0 aliphatic carbocycles. The van der Waals surface area contributed by atoms with Gasteiger partial charge < -0.3 is 14.5 Å². The molecule has 3 rings (SSSR count). The number of furan rings is 1. The molecule has 1 N–H and O–H groups in total. The summed E-state index contributed by atoms with van der Waals surface area (Å²) in [6.45, 7) is 2.40. The Kier molecular flexibility index (Phi) is 3.01. The molecular weight excluding hydrogens is 228 g/mol. The van der Waals surface area contributed by atoms with Crippen LogP contribution in [-0.2, 0) is 11.2 Å². The molecule has 1 fully saturated rings. The van der Waals surface area contributed by atoms with Crippen LogP contribution in [0.3, 0.4) is 0 Å². The Morgan fingerprint density at radius 3 is 3.17 bits per heavy atom. The molecule has 1 saturated heterocycles. The zero-order valence-electron chi connectivity index (χ0n) is 9.98. The number of nitrogens with one attached hydrogen (secondary N) is 1. The van der Waals surface area contributed by atoms with Gasteiger partial charge in [-0.25, -0.2) is 0 Å². The minimum absolute atomic E-state index is 0.324. The zero-order chi connectivity index (χ0) is 12.4. The van der Waals surface area contributed by atoms with Gasteiger partial charge in [0.1, 0.15) is 5.58 Å². The van der Waals surface area contributed by atoms with Gasteiger partial charge in [-0.05, 0) is 30.2 Å². The highest BCUT2D eigenvalue weighted by Crippen LogP contribution is 2.23. The van der Waals surface area contributed by atoms with E-state index in [2.05, 4.69) is 11.4 Å². The topological polar surface area (TPSA) is 58.2 Å². The van der Waals surface area contributed by atoms with E-state index in [1.54, 1.807) is 12.3 Å². The van der Waals surface area contributed by atoms with Crippen LogP contribution in [0.15, 0.2) is 28.9 Å². The number of hydrogen-bond acceptors (Lipinski definition) is 4. The molecular formula is C14H14N2O2. The van der Waals surface area contributed by atoms with E-state index in [4.69, 9.17) is 14.4 Å². The molecule has 1 atom stereocenters. The predicted octanol–water partition coefficient (Wildman–Crippen LogP) is 1.84. The average Bonchev–Trinajstić information content (AvgIpc) is 2.82. The second kappa shape index (κ2) is 4.81. The Morgan fingerprint density at radius 1 is 1.44 bits per heavy atom. The van der Waals surface area contributed by atoms with E-state index in [-0.39, 0.29) is 0 Å². The molecule has 0 spiro atoms. The molecule has 4 nitrogen and oxygen atoms in total. The second-order valence-corrected chi connectivity index (χ2v) is 4.51. The monoisotopic (exact) mass is 242 g/mol. The molecule has 0 unspecified atom stereocenters. The van der Waals surface area contributed by atoms with Crippen molar-refractivity contribution >= 4 is 11.0 Å². The summed E-state index contributed by atoms with van der Waals surface area (Å²) in [5.41, 5.74) is 2.63. The third-order valence-corrected chi connectivity index (χ3v) is 3.25. The Morgan fingerprint density at radius 2 is 2.39 bits per heavy atom. The van der Waals surface area contributed by atoms with Gasteiger partial charge in [0.15, 0.2) is 0 Å². The fourth-order valence-electron chi connectivity index (χ4n) is 2.33. The molecule has 4 heteroatoms. The van der Waals surface area contributed by atoms with Crippen molar-refractivity contribution in [1.82, 2.24) is 5.32 Å². The van der Waals surface area contributed by atoms with Gasteiger partial charge in [-0.2, -0.15) is 5.26 Å². The lowest BCUT2D eigenvalue weighted by molar-refractivity contribution is 0.0770. The van der Waals surface area contributed by atoms with Crippen LogP contribution in [-0.4, -0.2) is 25.8 Å². The van der Waals surface area contributed by atoms with Crippen molar-refractivity contribution in [3.8, 4) is 6.07 Å². The van der Waals surface area contributed by atoms with Crippen molar-refractivity contribution in [2.45, 2.75) is 12.5 Å². The van der Waals surface area contributed by atoms with E-state index in [0.717, 1.165) is 42.7 Å². The minimum atomic E-state index is 0.324. The summed E-state index contributed by atoms with van der Waals surface area (Å²) in [4.78, 5) is 0. The Balaban J connectivity index is 1.89. The van der Waals surface area contributed by atoms with E-state index in [1.807, 2.05) is 12.1 Å². The normalized spacial score (nSPS) is 19.8. The fraction of sp³-hybridized carbons (Fsp3) is 0.357. The largest absolute Gasteiger partial charge is 0.464 e. The molecule has 18 heavy (non-hydrogen) atoms. The van der Waals surface area contributed by atoms with Crippen LogP contribution in [0.2, 0.25) is 0 Å². The maximum atomic E-state index is 8.93. The average molecular weight is 242 g/mol. The number of ether oxygens (including phenoxy) is 1. The molecule has 2 heterocycles. The van der Waals surface area contributed by atoms with Crippen LogP contribution in [0.4, 0.5) is 0 Å². The lowest BCUT2D eigenvalue weighted by Gasteiger charge is -2.23.